The molecule has 3 aromatic carbocycles. The topological polar surface area (TPSA) is 61.8 Å². The number of hydrogen-bond acceptors (Lipinski definition) is 3. The zero-order valence-electron chi connectivity index (χ0n) is 15.6. The zero-order chi connectivity index (χ0) is 19.3. The van der Waals surface area contributed by atoms with Gasteiger partial charge in [0.05, 0.1) is 17.8 Å². The van der Waals surface area contributed by atoms with Crippen molar-refractivity contribution in [2.24, 2.45) is 7.05 Å². The van der Waals surface area contributed by atoms with Gasteiger partial charge in [-0.1, -0.05) is 36.4 Å². The number of aromatic hydroxyl groups is 1. The maximum atomic E-state index is 9.70. The maximum Gasteiger partial charge on any atom is 0.229 e. The molecule has 4 aromatic rings. The van der Waals surface area contributed by atoms with E-state index < -0.39 is 0 Å². The van der Waals surface area contributed by atoms with E-state index in [1.807, 2.05) is 23.7 Å². The average Bonchev–Trinajstić information content (AvgIpc) is 3.26. The average molecular weight is 365 g/mol. The molecule has 1 aliphatic rings. The van der Waals surface area contributed by atoms with E-state index in [-0.39, 0.29) is 5.88 Å². The first-order chi connectivity index (χ1) is 13.6. The van der Waals surface area contributed by atoms with Gasteiger partial charge in [-0.15, -0.1) is 0 Å². The molecule has 0 saturated carbocycles. The van der Waals surface area contributed by atoms with E-state index in [4.69, 9.17) is 0 Å². The van der Waals surface area contributed by atoms with Gasteiger partial charge in [0.15, 0.2) is 0 Å². The van der Waals surface area contributed by atoms with Crippen LogP contribution >= 0.6 is 0 Å². The molecule has 1 N–H and O–H groups in total. The molecule has 0 aliphatic heterocycles. The number of aryl methyl sites for hydroxylation is 3. The summed E-state index contributed by atoms with van der Waals surface area (Å²) in [6.45, 7) is 0. The predicted molar refractivity (Wildman–Crippen MR) is 109 cm³/mol. The molecule has 0 unspecified atom stereocenters. The van der Waals surface area contributed by atoms with Gasteiger partial charge in [0.2, 0.25) is 5.88 Å². The second-order valence-corrected chi connectivity index (χ2v) is 7.41. The summed E-state index contributed by atoms with van der Waals surface area (Å²) in [7, 11) is 1.87. The zero-order valence-corrected chi connectivity index (χ0v) is 15.6. The highest BCUT2D eigenvalue weighted by Gasteiger charge is 2.18. The fourth-order valence-corrected chi connectivity index (χ4v) is 4.34. The molecule has 0 bridgehead atoms. The highest BCUT2D eigenvalue weighted by atomic mass is 16.3. The van der Waals surface area contributed by atoms with E-state index in [1.165, 1.54) is 21.9 Å². The molecule has 0 amide bonds. The summed E-state index contributed by atoms with van der Waals surface area (Å²) in [5, 5.41) is 21.9. The molecule has 0 fully saturated rings. The lowest BCUT2D eigenvalue weighted by atomic mass is 9.91. The first-order valence-electron chi connectivity index (χ1n) is 9.42. The summed E-state index contributed by atoms with van der Waals surface area (Å²) in [5.74, 6) is 0.812. The minimum Gasteiger partial charge on any atom is -0.492 e. The van der Waals surface area contributed by atoms with Crippen LogP contribution < -0.4 is 0 Å². The lowest BCUT2D eigenvalue weighted by Crippen LogP contribution is -1.99. The Balaban J connectivity index is 1.67. The van der Waals surface area contributed by atoms with Crippen molar-refractivity contribution < 1.29 is 5.11 Å². The van der Waals surface area contributed by atoms with Gasteiger partial charge < -0.3 is 9.67 Å². The van der Waals surface area contributed by atoms with E-state index in [1.54, 1.807) is 6.20 Å². The van der Waals surface area contributed by atoms with Gasteiger partial charge in [0.1, 0.15) is 5.82 Å². The Hall–Kier alpha value is -3.58. The van der Waals surface area contributed by atoms with E-state index in [9.17, 15) is 10.4 Å². The van der Waals surface area contributed by atoms with Crippen molar-refractivity contribution in [3.8, 4) is 23.1 Å². The number of nitriles is 1. The Bertz CT molecular complexity index is 1270. The highest BCUT2D eigenvalue weighted by molar-refractivity contribution is 6.02. The monoisotopic (exact) mass is 365 g/mol. The largest absolute Gasteiger partial charge is 0.492 e. The summed E-state index contributed by atoms with van der Waals surface area (Å²) in [6, 6.07) is 19.1. The van der Waals surface area contributed by atoms with E-state index in [0.717, 1.165) is 35.4 Å². The van der Waals surface area contributed by atoms with Crippen molar-refractivity contribution in [2.45, 2.75) is 19.3 Å². The molecule has 4 heteroatoms. The number of hydrogen-bond donors (Lipinski definition) is 1. The number of rotatable bonds is 3. The van der Waals surface area contributed by atoms with Crippen LogP contribution in [0.3, 0.4) is 0 Å². The molecule has 4 nitrogen and oxygen atoms in total. The van der Waals surface area contributed by atoms with Crippen molar-refractivity contribution >= 4 is 10.8 Å². The molecular formula is C24H19N3O. The minimum atomic E-state index is 0.0267. The molecule has 5 rings (SSSR count). The molecule has 0 atom stereocenters. The van der Waals surface area contributed by atoms with Crippen LogP contribution in [0, 0.1) is 11.3 Å². The quantitative estimate of drug-likeness (QED) is 0.581. The predicted octanol–water partition coefficient (Wildman–Crippen LogP) is 4.51. The standard InChI is InChI=1S/C24H19N3O/c1-27-14-23(28)26-22(27)12-15-5-6-18(13-25)21(11-15)19-10-9-17-8-7-16-3-2-4-20(19)24(16)17/h2-6,9-11,14,28H,7-8,12H2,1H3. The van der Waals surface area contributed by atoms with Gasteiger partial charge in [-0.25, -0.2) is 0 Å². The smallest absolute Gasteiger partial charge is 0.229 e. The van der Waals surface area contributed by atoms with Crippen LogP contribution in [0.1, 0.15) is 28.1 Å². The molecule has 0 spiro atoms. The van der Waals surface area contributed by atoms with Crippen molar-refractivity contribution in [3.63, 3.8) is 0 Å². The van der Waals surface area contributed by atoms with E-state index in [0.29, 0.717) is 12.0 Å². The number of imidazole rings is 1. The van der Waals surface area contributed by atoms with Crippen molar-refractivity contribution in [1.29, 1.82) is 5.26 Å². The molecular weight excluding hydrogens is 346 g/mol. The fraction of sp³-hybridized carbons (Fsp3) is 0.167. The highest BCUT2D eigenvalue weighted by Crippen LogP contribution is 2.38. The molecule has 0 radical (unpaired) electrons. The summed E-state index contributed by atoms with van der Waals surface area (Å²) in [5.41, 5.74) is 6.58. The number of benzene rings is 3. The number of nitrogens with zero attached hydrogens (tertiary/aromatic N) is 3. The first kappa shape index (κ1) is 16.6. The van der Waals surface area contributed by atoms with Crippen LogP contribution in [0.25, 0.3) is 21.9 Å². The van der Waals surface area contributed by atoms with Crippen molar-refractivity contribution in [1.82, 2.24) is 9.55 Å². The second-order valence-electron chi connectivity index (χ2n) is 7.41. The molecule has 0 saturated heterocycles. The molecule has 136 valence electrons. The second kappa shape index (κ2) is 6.24. The summed E-state index contributed by atoms with van der Waals surface area (Å²) < 4.78 is 1.83. The van der Waals surface area contributed by atoms with Crippen molar-refractivity contribution in [2.75, 3.05) is 0 Å². The summed E-state index contributed by atoms with van der Waals surface area (Å²) in [4.78, 5) is 4.19. The molecule has 28 heavy (non-hydrogen) atoms. The lowest BCUT2D eigenvalue weighted by molar-refractivity contribution is 0.455. The third kappa shape index (κ3) is 2.56. The van der Waals surface area contributed by atoms with Gasteiger partial charge in [-0.2, -0.15) is 10.2 Å². The Labute approximate surface area is 163 Å². The van der Waals surface area contributed by atoms with Crippen LogP contribution in [0.2, 0.25) is 0 Å². The molecule has 1 aliphatic carbocycles. The summed E-state index contributed by atoms with van der Waals surface area (Å²) in [6.07, 6.45) is 4.37. The van der Waals surface area contributed by atoms with Gasteiger partial charge >= 0.3 is 0 Å². The molecule has 1 heterocycles. The van der Waals surface area contributed by atoms with Gasteiger partial charge in [-0.3, -0.25) is 0 Å². The SMILES string of the molecule is Cn1cc(O)nc1Cc1ccc(C#N)c(-c2ccc3c4c(cccc24)CC3)c1. The molecule has 1 aromatic heterocycles. The van der Waals surface area contributed by atoms with E-state index >= 15 is 0 Å². The Morgan fingerprint density at radius 2 is 1.89 bits per heavy atom. The van der Waals surface area contributed by atoms with Crippen molar-refractivity contribution in [3.05, 3.63) is 82.8 Å². The normalized spacial score (nSPS) is 12.4. The van der Waals surface area contributed by atoms with Gasteiger partial charge in [0.25, 0.3) is 0 Å². The van der Waals surface area contributed by atoms with Gasteiger partial charge in [-0.05, 0) is 58.0 Å². The third-order valence-electron chi connectivity index (χ3n) is 5.69. The fourth-order valence-electron chi connectivity index (χ4n) is 4.34. The van der Waals surface area contributed by atoms with Crippen LogP contribution in [-0.2, 0) is 26.3 Å². The van der Waals surface area contributed by atoms with Crippen LogP contribution in [0.4, 0.5) is 0 Å². The van der Waals surface area contributed by atoms with Gasteiger partial charge in [0, 0.05) is 19.0 Å². The third-order valence-corrected chi connectivity index (χ3v) is 5.69. The lowest BCUT2D eigenvalue weighted by Gasteiger charge is -2.12. The Morgan fingerprint density at radius 3 is 2.64 bits per heavy atom. The first-order valence-corrected chi connectivity index (χ1v) is 9.42. The van der Waals surface area contributed by atoms with E-state index in [2.05, 4.69) is 47.5 Å². The Kier molecular flexibility index (Phi) is 3.70. The number of aromatic nitrogens is 2. The summed E-state index contributed by atoms with van der Waals surface area (Å²) >= 11 is 0. The van der Waals surface area contributed by atoms with Crippen LogP contribution in [0.15, 0.2) is 54.7 Å². The Morgan fingerprint density at radius 1 is 1.07 bits per heavy atom. The van der Waals surface area contributed by atoms with Crippen LogP contribution in [-0.4, -0.2) is 14.7 Å². The van der Waals surface area contributed by atoms with Crippen LogP contribution in [0.5, 0.6) is 5.88 Å². The maximum absolute atomic E-state index is 9.70. The minimum absolute atomic E-state index is 0.0267.